The number of methoxy groups -OCH3 is 1. The number of carbonyl (C=O) groups excluding carboxylic acids is 2. The molecule has 1 unspecified atom stereocenters. The summed E-state index contributed by atoms with van der Waals surface area (Å²) in [6, 6.07) is 7.91. The first-order valence-electron chi connectivity index (χ1n) is 6.31. The second-order valence-corrected chi connectivity index (χ2v) is 5.48. The molecule has 1 atom stereocenters. The lowest BCUT2D eigenvalue weighted by molar-refractivity contribution is -0.117. The van der Waals surface area contributed by atoms with Crippen LogP contribution in [-0.4, -0.2) is 19.0 Å². The fourth-order valence-electron chi connectivity index (χ4n) is 1.81. The van der Waals surface area contributed by atoms with Crippen molar-refractivity contribution in [1.82, 2.24) is 0 Å². The lowest BCUT2D eigenvalue weighted by atomic mass is 10.1. The highest BCUT2D eigenvalue weighted by molar-refractivity contribution is 7.10. The van der Waals surface area contributed by atoms with E-state index in [1.807, 2.05) is 24.4 Å². The summed E-state index contributed by atoms with van der Waals surface area (Å²) >= 11 is 1.43. The fourth-order valence-corrected chi connectivity index (χ4v) is 2.53. The van der Waals surface area contributed by atoms with Crippen LogP contribution < -0.4 is 11.1 Å². The molecule has 0 aliphatic carbocycles. The third kappa shape index (κ3) is 3.48. The van der Waals surface area contributed by atoms with Gasteiger partial charge in [0.2, 0.25) is 5.91 Å². The molecule has 3 N–H and O–H groups in total. The molecular formula is C15H16N2O3S. The van der Waals surface area contributed by atoms with Crippen LogP contribution in [0.15, 0.2) is 35.7 Å². The van der Waals surface area contributed by atoms with Crippen LogP contribution in [0.4, 0.5) is 5.69 Å². The van der Waals surface area contributed by atoms with E-state index in [0.717, 1.165) is 10.4 Å². The van der Waals surface area contributed by atoms with Crippen LogP contribution in [-0.2, 0) is 9.53 Å². The van der Waals surface area contributed by atoms with Gasteiger partial charge in [0.05, 0.1) is 12.7 Å². The Labute approximate surface area is 126 Å². The normalized spacial score (nSPS) is 11.8. The van der Waals surface area contributed by atoms with Crippen molar-refractivity contribution < 1.29 is 14.3 Å². The second-order valence-electron chi connectivity index (χ2n) is 4.50. The van der Waals surface area contributed by atoms with Gasteiger partial charge in [-0.15, -0.1) is 11.3 Å². The summed E-state index contributed by atoms with van der Waals surface area (Å²) in [5.74, 6) is -0.768. The minimum absolute atomic E-state index is 0.317. The Kier molecular flexibility index (Phi) is 4.72. The summed E-state index contributed by atoms with van der Waals surface area (Å²) in [5, 5.41) is 4.62. The molecule has 0 fully saturated rings. The van der Waals surface area contributed by atoms with E-state index < -0.39 is 12.0 Å². The third-order valence-electron chi connectivity index (χ3n) is 3.05. The van der Waals surface area contributed by atoms with Crippen LogP contribution in [0.5, 0.6) is 0 Å². The molecule has 0 saturated heterocycles. The van der Waals surface area contributed by atoms with Gasteiger partial charge in [-0.3, -0.25) is 4.79 Å². The van der Waals surface area contributed by atoms with E-state index in [2.05, 4.69) is 10.1 Å². The lowest BCUT2D eigenvalue weighted by Gasteiger charge is -2.13. The van der Waals surface area contributed by atoms with Crippen LogP contribution in [0, 0.1) is 6.92 Å². The van der Waals surface area contributed by atoms with Crippen LogP contribution in [0.1, 0.15) is 26.8 Å². The van der Waals surface area contributed by atoms with Gasteiger partial charge in [-0.25, -0.2) is 4.79 Å². The summed E-state index contributed by atoms with van der Waals surface area (Å²) in [6.07, 6.45) is 0. The predicted molar refractivity (Wildman–Crippen MR) is 82.4 cm³/mol. The number of amides is 1. The van der Waals surface area contributed by atoms with E-state index in [1.165, 1.54) is 18.4 Å². The van der Waals surface area contributed by atoms with Crippen LogP contribution in [0.2, 0.25) is 0 Å². The van der Waals surface area contributed by atoms with Gasteiger partial charge in [-0.1, -0.05) is 12.1 Å². The molecule has 0 radical (unpaired) electrons. The van der Waals surface area contributed by atoms with E-state index >= 15 is 0 Å². The van der Waals surface area contributed by atoms with E-state index in [9.17, 15) is 9.59 Å². The zero-order chi connectivity index (χ0) is 15.4. The van der Waals surface area contributed by atoms with Crippen molar-refractivity contribution in [2.24, 2.45) is 5.73 Å². The lowest BCUT2D eigenvalue weighted by Crippen LogP contribution is -2.27. The molecule has 21 heavy (non-hydrogen) atoms. The van der Waals surface area contributed by atoms with Crippen LogP contribution >= 0.6 is 11.3 Å². The highest BCUT2D eigenvalue weighted by Crippen LogP contribution is 2.21. The Bertz CT molecular complexity index is 653. The monoisotopic (exact) mass is 304 g/mol. The highest BCUT2D eigenvalue weighted by atomic mass is 32.1. The van der Waals surface area contributed by atoms with Gasteiger partial charge < -0.3 is 15.8 Å². The number of hydrogen-bond acceptors (Lipinski definition) is 5. The molecule has 0 aliphatic heterocycles. The molecular weight excluding hydrogens is 288 g/mol. The number of rotatable bonds is 4. The molecule has 0 aliphatic rings. The number of nitrogens with two attached hydrogens (primary N) is 1. The molecule has 0 spiro atoms. The number of benzene rings is 1. The predicted octanol–water partition coefficient (Wildman–Crippen LogP) is 2.48. The van der Waals surface area contributed by atoms with Gasteiger partial charge in [0.25, 0.3) is 0 Å². The highest BCUT2D eigenvalue weighted by Gasteiger charge is 2.18. The van der Waals surface area contributed by atoms with Crippen molar-refractivity contribution in [3.05, 3.63) is 51.7 Å². The first-order valence-corrected chi connectivity index (χ1v) is 7.19. The Morgan fingerprint density at radius 2 is 2.10 bits per heavy atom. The molecule has 2 rings (SSSR count). The number of ether oxygens (including phenoxy) is 1. The minimum Gasteiger partial charge on any atom is -0.465 e. The largest absolute Gasteiger partial charge is 0.465 e. The molecule has 0 bridgehead atoms. The molecule has 2 aromatic rings. The van der Waals surface area contributed by atoms with E-state index in [1.54, 1.807) is 18.2 Å². The van der Waals surface area contributed by atoms with Crippen molar-refractivity contribution in [2.75, 3.05) is 12.4 Å². The van der Waals surface area contributed by atoms with Crippen molar-refractivity contribution in [1.29, 1.82) is 0 Å². The molecule has 1 aromatic carbocycles. The molecule has 1 aromatic heterocycles. The van der Waals surface area contributed by atoms with Crippen LogP contribution in [0.25, 0.3) is 0 Å². The molecule has 0 saturated carbocycles. The van der Waals surface area contributed by atoms with Crippen molar-refractivity contribution in [3.63, 3.8) is 0 Å². The second kappa shape index (κ2) is 6.51. The Balaban J connectivity index is 2.19. The number of hydrogen-bond donors (Lipinski definition) is 2. The van der Waals surface area contributed by atoms with Gasteiger partial charge >= 0.3 is 5.97 Å². The zero-order valence-corrected chi connectivity index (χ0v) is 12.6. The van der Waals surface area contributed by atoms with Gasteiger partial charge in [0, 0.05) is 10.6 Å². The fraction of sp³-hybridized carbons (Fsp3) is 0.200. The molecule has 1 heterocycles. The van der Waals surface area contributed by atoms with Gasteiger partial charge in [-0.05, 0) is 36.1 Å². The van der Waals surface area contributed by atoms with E-state index in [0.29, 0.717) is 11.3 Å². The van der Waals surface area contributed by atoms with Gasteiger partial charge in [0.15, 0.2) is 0 Å². The quantitative estimate of drug-likeness (QED) is 0.850. The summed E-state index contributed by atoms with van der Waals surface area (Å²) in [6.45, 7) is 1.84. The summed E-state index contributed by atoms with van der Waals surface area (Å²) in [7, 11) is 1.31. The molecule has 6 heteroatoms. The molecule has 110 valence electrons. The maximum absolute atomic E-state index is 12.2. The Hall–Kier alpha value is -2.18. The van der Waals surface area contributed by atoms with Gasteiger partial charge in [0.1, 0.15) is 6.04 Å². The van der Waals surface area contributed by atoms with Crippen molar-refractivity contribution >= 4 is 28.9 Å². The summed E-state index contributed by atoms with van der Waals surface area (Å²) in [4.78, 5) is 24.5. The zero-order valence-electron chi connectivity index (χ0n) is 11.8. The average molecular weight is 304 g/mol. The topological polar surface area (TPSA) is 81.4 Å². The summed E-state index contributed by atoms with van der Waals surface area (Å²) < 4.78 is 4.67. The first-order chi connectivity index (χ1) is 10.0. The number of carbonyl (C=O) groups is 2. The minimum atomic E-state index is -0.730. The van der Waals surface area contributed by atoms with E-state index in [-0.39, 0.29) is 5.91 Å². The van der Waals surface area contributed by atoms with Crippen molar-refractivity contribution in [2.45, 2.75) is 13.0 Å². The van der Waals surface area contributed by atoms with Crippen LogP contribution in [0.3, 0.4) is 0 Å². The smallest absolute Gasteiger partial charge is 0.337 e. The average Bonchev–Trinajstić information content (AvgIpc) is 3.02. The maximum Gasteiger partial charge on any atom is 0.337 e. The number of thiophene rings is 1. The molecule has 5 nitrogen and oxygen atoms in total. The number of nitrogens with one attached hydrogen (secondary N) is 1. The Morgan fingerprint density at radius 3 is 2.71 bits per heavy atom. The number of esters is 1. The SMILES string of the molecule is COC(=O)c1ccc(C)c(NC(=O)C(N)c2cccs2)c1. The maximum atomic E-state index is 12.2. The summed E-state index contributed by atoms with van der Waals surface area (Å²) in [5.41, 5.74) is 7.68. The van der Waals surface area contributed by atoms with E-state index in [4.69, 9.17) is 5.73 Å². The third-order valence-corrected chi connectivity index (χ3v) is 4.00. The first kappa shape index (κ1) is 15.2. The Morgan fingerprint density at radius 1 is 1.33 bits per heavy atom. The molecule has 1 amide bonds. The number of anilines is 1. The standard InChI is InChI=1S/C15H16N2O3S/c1-9-5-6-10(15(19)20-2)8-11(9)17-14(18)13(16)12-4-3-7-21-12/h3-8,13H,16H2,1-2H3,(H,17,18). The number of aryl methyl sites for hydroxylation is 1. The van der Waals surface area contributed by atoms with Crippen molar-refractivity contribution in [3.8, 4) is 0 Å². The van der Waals surface area contributed by atoms with Gasteiger partial charge in [-0.2, -0.15) is 0 Å².